The maximum absolute atomic E-state index is 13.8. The molecule has 0 saturated heterocycles. The summed E-state index contributed by atoms with van der Waals surface area (Å²) in [5.41, 5.74) is 4.62. The highest BCUT2D eigenvalue weighted by Crippen LogP contribution is 2.36. The molecule has 1 amide bonds. The molecule has 2 heterocycles. The number of nitrogens with zero attached hydrogens (tertiary/aromatic N) is 4. The van der Waals surface area contributed by atoms with Crippen LogP contribution in [-0.4, -0.2) is 51.5 Å². The number of Topliss-reactive ketones (excluding diaryl/α,β-unsaturated/α-hetero) is 1. The van der Waals surface area contributed by atoms with E-state index in [4.69, 9.17) is 31.5 Å². The van der Waals surface area contributed by atoms with Crippen molar-refractivity contribution in [3.8, 4) is 0 Å². The zero-order valence-electron chi connectivity index (χ0n) is 26.6. The van der Waals surface area contributed by atoms with Gasteiger partial charge in [0.2, 0.25) is 5.96 Å². The van der Waals surface area contributed by atoms with Gasteiger partial charge in [0.05, 0.1) is 17.8 Å². The van der Waals surface area contributed by atoms with Gasteiger partial charge in [-0.25, -0.2) is 15.0 Å². The average molecular weight is 643 g/mol. The van der Waals surface area contributed by atoms with E-state index in [0.717, 1.165) is 29.7 Å². The van der Waals surface area contributed by atoms with E-state index in [2.05, 4.69) is 35.5 Å². The highest BCUT2D eigenvalue weighted by atomic mass is 35.5. The molecule has 240 valence electrons. The van der Waals surface area contributed by atoms with Gasteiger partial charge in [-0.3, -0.25) is 19.3 Å². The number of pyridine rings is 1. The number of allylic oxidation sites excluding steroid dienone is 1. The summed E-state index contributed by atoms with van der Waals surface area (Å²) in [4.78, 5) is 51.5. The predicted molar refractivity (Wildman–Crippen MR) is 181 cm³/mol. The molecule has 1 aromatic heterocycles. The molecule has 3 aromatic rings. The number of rotatable bonds is 8. The van der Waals surface area contributed by atoms with Crippen LogP contribution in [0, 0.1) is 12.8 Å². The number of anilines is 1. The van der Waals surface area contributed by atoms with Crippen molar-refractivity contribution < 1.29 is 19.5 Å². The van der Waals surface area contributed by atoms with Crippen LogP contribution in [0.5, 0.6) is 0 Å². The Hall–Kier alpha value is -4.83. The Labute approximate surface area is 274 Å². The smallest absolute Gasteiger partial charge is 0.290 e. The average Bonchev–Trinajstić information content (AvgIpc) is 3.86. The number of aliphatic imine (C=N–C) groups is 2. The summed E-state index contributed by atoms with van der Waals surface area (Å²) in [7, 11) is 0. The van der Waals surface area contributed by atoms with E-state index < -0.39 is 6.04 Å². The van der Waals surface area contributed by atoms with Gasteiger partial charge in [-0.1, -0.05) is 61.8 Å². The van der Waals surface area contributed by atoms with Crippen molar-refractivity contribution in [3.05, 3.63) is 99.8 Å². The third-order valence-electron chi connectivity index (χ3n) is 7.66. The minimum atomic E-state index is -0.732. The second-order valence-corrected chi connectivity index (χ2v) is 11.9. The van der Waals surface area contributed by atoms with Crippen LogP contribution in [0.3, 0.4) is 0 Å². The number of carboxylic acid groups (broad SMARTS) is 1. The number of para-hydroxylation sites is 1. The van der Waals surface area contributed by atoms with E-state index in [1.165, 1.54) is 0 Å². The molecule has 2 aliphatic rings. The SMILES string of the molecule is CC(=Nc1ccccc1C(C)C)N(CC(=O)C1CC1)C1=NC(c2ccccc2Cl)C(C(=O)Nc2cc(C)ccn2)=C(C)N1.O=CO. The third kappa shape index (κ3) is 8.45. The standard InChI is InChI=1S/C34H37ClN6O2.CH2O2/c1-20(2)25-10-7-9-13-28(25)38-23(5)41(19-29(42)24-14-15-24)34-37-22(4)31(32(40-34)26-11-6-8-12-27(26)35)33(43)39-30-18-21(3)16-17-36-30;2-1-3/h6-13,16-18,20,24,32H,14-15,19H2,1-5H3,(H,37,40)(H,36,39,43);1H,(H,2,3). The molecule has 1 saturated carbocycles. The number of benzene rings is 2. The van der Waals surface area contributed by atoms with Gasteiger partial charge < -0.3 is 15.7 Å². The van der Waals surface area contributed by atoms with Crippen LogP contribution in [0.4, 0.5) is 11.5 Å². The van der Waals surface area contributed by atoms with Crippen molar-refractivity contribution in [2.24, 2.45) is 15.9 Å². The van der Waals surface area contributed by atoms with E-state index in [0.29, 0.717) is 39.5 Å². The number of nitrogens with one attached hydrogen (secondary N) is 2. The van der Waals surface area contributed by atoms with Gasteiger partial charge in [-0.05, 0) is 74.9 Å². The van der Waals surface area contributed by atoms with Gasteiger partial charge in [0.15, 0.2) is 5.78 Å². The summed E-state index contributed by atoms with van der Waals surface area (Å²) in [5.74, 6) is 1.64. The Morgan fingerprint density at radius 3 is 2.46 bits per heavy atom. The second kappa shape index (κ2) is 15.4. The number of hydrogen-bond donors (Lipinski definition) is 3. The molecule has 1 unspecified atom stereocenters. The summed E-state index contributed by atoms with van der Waals surface area (Å²) < 4.78 is 0. The van der Waals surface area contributed by atoms with Gasteiger partial charge in [0.25, 0.3) is 12.4 Å². The van der Waals surface area contributed by atoms with Gasteiger partial charge in [-0.15, -0.1) is 0 Å². The maximum Gasteiger partial charge on any atom is 0.290 e. The minimum Gasteiger partial charge on any atom is -0.483 e. The lowest BCUT2D eigenvalue weighted by molar-refractivity contribution is -0.123. The Morgan fingerprint density at radius 2 is 1.80 bits per heavy atom. The first-order valence-corrected chi connectivity index (χ1v) is 15.5. The Balaban J connectivity index is 0.00000154. The van der Waals surface area contributed by atoms with E-state index >= 15 is 0 Å². The second-order valence-electron chi connectivity index (χ2n) is 11.5. The quantitative estimate of drug-likeness (QED) is 0.139. The number of carbonyl (C=O) groups excluding carboxylic acids is 2. The fourth-order valence-electron chi connectivity index (χ4n) is 5.15. The van der Waals surface area contributed by atoms with Crippen molar-refractivity contribution in [1.29, 1.82) is 0 Å². The lowest BCUT2D eigenvalue weighted by atomic mass is 9.95. The van der Waals surface area contributed by atoms with Crippen LogP contribution in [0.15, 0.2) is 88.1 Å². The number of aromatic nitrogens is 1. The number of ketones is 1. The zero-order valence-corrected chi connectivity index (χ0v) is 27.4. The van der Waals surface area contributed by atoms with Gasteiger partial charge in [0.1, 0.15) is 17.7 Å². The van der Waals surface area contributed by atoms with E-state index in [1.54, 1.807) is 12.3 Å². The molecule has 1 aliphatic heterocycles. The lowest BCUT2D eigenvalue weighted by Gasteiger charge is -2.33. The van der Waals surface area contributed by atoms with E-state index in [9.17, 15) is 9.59 Å². The summed E-state index contributed by atoms with van der Waals surface area (Å²) in [6, 6.07) is 18.3. The number of guanidine groups is 1. The molecule has 1 aliphatic carbocycles. The first-order chi connectivity index (χ1) is 22.0. The van der Waals surface area contributed by atoms with E-state index in [1.807, 2.05) is 74.2 Å². The number of aryl methyl sites for hydroxylation is 1. The number of hydrogen-bond acceptors (Lipinski definition) is 7. The van der Waals surface area contributed by atoms with Gasteiger partial charge in [0, 0.05) is 28.4 Å². The maximum atomic E-state index is 13.8. The van der Waals surface area contributed by atoms with Crippen molar-refractivity contribution >= 4 is 53.1 Å². The molecule has 5 rings (SSSR count). The van der Waals surface area contributed by atoms with E-state index in [-0.39, 0.29) is 36.5 Å². The van der Waals surface area contributed by atoms with Crippen LogP contribution in [0.25, 0.3) is 0 Å². The highest BCUT2D eigenvalue weighted by Gasteiger charge is 2.36. The molecule has 2 aromatic carbocycles. The predicted octanol–water partition coefficient (Wildman–Crippen LogP) is 6.81. The minimum absolute atomic E-state index is 0.0570. The molecule has 0 radical (unpaired) electrons. The van der Waals surface area contributed by atoms with Crippen LogP contribution in [0.1, 0.15) is 69.2 Å². The fraction of sp³-hybridized carbons (Fsp3) is 0.314. The highest BCUT2D eigenvalue weighted by molar-refractivity contribution is 6.31. The number of carbonyl (C=O) groups is 3. The molecule has 10 nitrogen and oxygen atoms in total. The Bertz CT molecular complexity index is 1700. The largest absolute Gasteiger partial charge is 0.483 e. The Morgan fingerprint density at radius 1 is 1.13 bits per heavy atom. The summed E-state index contributed by atoms with van der Waals surface area (Å²) >= 11 is 6.69. The summed E-state index contributed by atoms with van der Waals surface area (Å²) in [6.45, 7) is 9.79. The van der Waals surface area contributed by atoms with Crippen molar-refractivity contribution in [2.45, 2.75) is 59.4 Å². The van der Waals surface area contributed by atoms with Crippen molar-refractivity contribution in [3.63, 3.8) is 0 Å². The normalized spacial score (nSPS) is 16.1. The van der Waals surface area contributed by atoms with Crippen LogP contribution >= 0.6 is 11.6 Å². The Kier molecular flexibility index (Phi) is 11.4. The molecule has 0 bridgehead atoms. The van der Waals surface area contributed by atoms with Gasteiger partial charge in [-0.2, -0.15) is 0 Å². The van der Waals surface area contributed by atoms with Crippen LogP contribution in [-0.2, 0) is 14.4 Å². The van der Waals surface area contributed by atoms with Crippen molar-refractivity contribution in [2.75, 3.05) is 11.9 Å². The lowest BCUT2D eigenvalue weighted by Crippen LogP contribution is -2.49. The molecule has 1 fully saturated rings. The first-order valence-electron chi connectivity index (χ1n) is 15.1. The third-order valence-corrected chi connectivity index (χ3v) is 8.01. The van der Waals surface area contributed by atoms with Crippen LogP contribution in [0.2, 0.25) is 5.02 Å². The van der Waals surface area contributed by atoms with Crippen LogP contribution < -0.4 is 10.6 Å². The zero-order chi connectivity index (χ0) is 33.4. The summed E-state index contributed by atoms with van der Waals surface area (Å²) in [5, 5.41) is 13.6. The monoisotopic (exact) mass is 642 g/mol. The summed E-state index contributed by atoms with van der Waals surface area (Å²) in [6.07, 6.45) is 3.45. The number of amides is 1. The molecule has 11 heteroatoms. The molecular formula is C35H39ClN6O4. The van der Waals surface area contributed by atoms with Gasteiger partial charge >= 0.3 is 0 Å². The van der Waals surface area contributed by atoms with Crippen molar-refractivity contribution in [1.82, 2.24) is 15.2 Å². The molecule has 3 N–H and O–H groups in total. The first kappa shape index (κ1) is 34.1. The number of halogens is 1. The fourth-order valence-corrected chi connectivity index (χ4v) is 5.39. The topological polar surface area (TPSA) is 136 Å². The molecule has 46 heavy (non-hydrogen) atoms. The molecule has 0 spiro atoms. The number of amidine groups is 1. The molecule has 1 atom stereocenters. The molecular weight excluding hydrogens is 604 g/mol.